The van der Waals surface area contributed by atoms with E-state index in [2.05, 4.69) is 10.4 Å². The second-order valence-corrected chi connectivity index (χ2v) is 6.50. The molecule has 0 aliphatic carbocycles. The number of rotatable bonds is 4. The molecule has 2 aromatic rings. The molecule has 1 heterocycles. The first-order valence-electron chi connectivity index (χ1n) is 6.40. The largest absolute Gasteiger partial charge is 0.397 e. The lowest BCUT2D eigenvalue weighted by molar-refractivity contribution is -0.115. The van der Waals surface area contributed by atoms with Crippen LogP contribution in [0.1, 0.15) is 12.6 Å². The Bertz CT molecular complexity index is 671. The first kappa shape index (κ1) is 15.7. The summed E-state index contributed by atoms with van der Waals surface area (Å²) in [6.45, 7) is 3.77. The maximum atomic E-state index is 12.2. The summed E-state index contributed by atoms with van der Waals surface area (Å²) in [5.74, 6) is -0.0967. The molecule has 1 aromatic carbocycles. The lowest BCUT2D eigenvalue weighted by Gasteiger charge is -2.12. The number of benzene rings is 1. The highest BCUT2D eigenvalue weighted by Gasteiger charge is 2.17. The third-order valence-corrected chi connectivity index (χ3v) is 4.42. The van der Waals surface area contributed by atoms with Gasteiger partial charge in [0.05, 0.1) is 26.7 Å². The minimum Gasteiger partial charge on any atom is -0.397 e. The Morgan fingerprint density at radius 1 is 1.48 bits per heavy atom. The van der Waals surface area contributed by atoms with Gasteiger partial charge in [0.2, 0.25) is 5.91 Å². The van der Waals surface area contributed by atoms with Crippen LogP contribution in [0.5, 0.6) is 0 Å². The lowest BCUT2D eigenvalue weighted by Crippen LogP contribution is -2.22. The van der Waals surface area contributed by atoms with E-state index in [4.69, 9.17) is 17.3 Å². The number of aryl methyl sites for hydroxylation is 2. The van der Waals surface area contributed by atoms with Crippen molar-refractivity contribution in [2.45, 2.75) is 24.1 Å². The van der Waals surface area contributed by atoms with Crippen LogP contribution < -0.4 is 11.1 Å². The van der Waals surface area contributed by atoms with Crippen molar-refractivity contribution in [3.8, 4) is 0 Å². The molecule has 1 atom stereocenters. The van der Waals surface area contributed by atoms with Gasteiger partial charge >= 0.3 is 0 Å². The van der Waals surface area contributed by atoms with E-state index in [-0.39, 0.29) is 11.2 Å². The van der Waals surface area contributed by atoms with Gasteiger partial charge in [-0.05, 0) is 38.1 Å². The number of hydrogen-bond acceptors (Lipinski definition) is 4. The van der Waals surface area contributed by atoms with Crippen LogP contribution in [0.15, 0.2) is 29.3 Å². The minimum absolute atomic E-state index is 0.0967. The molecule has 0 spiro atoms. The number of carbonyl (C=O) groups is 1. The number of nitrogen functional groups attached to an aromatic ring is 1. The molecule has 0 aliphatic heterocycles. The second kappa shape index (κ2) is 6.41. The summed E-state index contributed by atoms with van der Waals surface area (Å²) in [7, 11) is 1.86. The van der Waals surface area contributed by atoms with Crippen molar-refractivity contribution in [3.05, 3.63) is 35.0 Å². The zero-order valence-electron chi connectivity index (χ0n) is 12.1. The summed E-state index contributed by atoms with van der Waals surface area (Å²) >= 11 is 7.31. The first-order chi connectivity index (χ1) is 9.86. The quantitative estimate of drug-likeness (QED) is 0.669. The molecule has 0 aliphatic rings. The lowest BCUT2D eigenvalue weighted by atomic mass is 10.2. The normalized spacial score (nSPS) is 12.2. The van der Waals surface area contributed by atoms with Gasteiger partial charge in [-0.2, -0.15) is 5.10 Å². The Kier molecular flexibility index (Phi) is 4.80. The summed E-state index contributed by atoms with van der Waals surface area (Å²) < 4.78 is 1.77. The number of amides is 1. The van der Waals surface area contributed by atoms with Crippen LogP contribution in [0, 0.1) is 6.92 Å². The van der Waals surface area contributed by atoms with Crippen LogP contribution in [0.25, 0.3) is 0 Å². The molecule has 1 amide bonds. The van der Waals surface area contributed by atoms with Crippen molar-refractivity contribution in [2.75, 3.05) is 11.1 Å². The Morgan fingerprint density at radius 2 is 2.19 bits per heavy atom. The van der Waals surface area contributed by atoms with Crippen LogP contribution in [0.3, 0.4) is 0 Å². The van der Waals surface area contributed by atoms with E-state index < -0.39 is 0 Å². The van der Waals surface area contributed by atoms with Gasteiger partial charge in [0.25, 0.3) is 0 Å². The van der Waals surface area contributed by atoms with E-state index in [9.17, 15) is 4.79 Å². The zero-order valence-corrected chi connectivity index (χ0v) is 13.6. The predicted molar refractivity (Wildman–Crippen MR) is 87.8 cm³/mol. The van der Waals surface area contributed by atoms with Crippen molar-refractivity contribution in [1.29, 1.82) is 0 Å². The van der Waals surface area contributed by atoms with Gasteiger partial charge in [-0.25, -0.2) is 0 Å². The number of nitrogens with one attached hydrogen (secondary N) is 1. The Morgan fingerprint density at radius 3 is 2.76 bits per heavy atom. The molecule has 2 rings (SSSR count). The van der Waals surface area contributed by atoms with Gasteiger partial charge in [0.1, 0.15) is 0 Å². The molecule has 112 valence electrons. The number of nitrogens with zero attached hydrogens (tertiary/aromatic N) is 2. The highest BCUT2D eigenvalue weighted by atomic mass is 35.5. The molecule has 0 saturated heterocycles. The third-order valence-electron chi connectivity index (χ3n) is 2.89. The molecule has 0 radical (unpaired) electrons. The summed E-state index contributed by atoms with van der Waals surface area (Å²) in [6, 6.07) is 6.98. The van der Waals surface area contributed by atoms with Gasteiger partial charge in [0.15, 0.2) is 0 Å². The minimum atomic E-state index is -0.253. The fourth-order valence-corrected chi connectivity index (χ4v) is 2.87. The number of hydrogen-bond donors (Lipinski definition) is 2. The SMILES string of the molecule is Cc1cc(SC(C)C(=O)Nc2ccc(Cl)c(N)c2)n(C)n1. The first-order valence-corrected chi connectivity index (χ1v) is 7.66. The van der Waals surface area contributed by atoms with Crippen molar-refractivity contribution in [1.82, 2.24) is 9.78 Å². The van der Waals surface area contributed by atoms with Crippen LogP contribution in [-0.4, -0.2) is 20.9 Å². The van der Waals surface area contributed by atoms with E-state index in [1.807, 2.05) is 27.0 Å². The number of thioether (sulfide) groups is 1. The van der Waals surface area contributed by atoms with Crippen molar-refractivity contribution >= 4 is 40.6 Å². The molecule has 0 bridgehead atoms. The molecular formula is C14H17ClN4OS. The molecule has 1 unspecified atom stereocenters. The number of nitrogens with two attached hydrogens (primary N) is 1. The van der Waals surface area contributed by atoms with Gasteiger partial charge in [0, 0.05) is 12.7 Å². The average Bonchev–Trinajstić information content (AvgIpc) is 2.72. The molecular weight excluding hydrogens is 308 g/mol. The number of carbonyl (C=O) groups excluding carboxylic acids is 1. The van der Waals surface area contributed by atoms with Crippen molar-refractivity contribution in [3.63, 3.8) is 0 Å². The highest BCUT2D eigenvalue weighted by molar-refractivity contribution is 8.00. The maximum Gasteiger partial charge on any atom is 0.237 e. The van der Waals surface area contributed by atoms with E-state index in [0.29, 0.717) is 16.4 Å². The molecule has 5 nitrogen and oxygen atoms in total. The van der Waals surface area contributed by atoms with E-state index >= 15 is 0 Å². The maximum absolute atomic E-state index is 12.2. The monoisotopic (exact) mass is 324 g/mol. The predicted octanol–water partition coefficient (Wildman–Crippen LogP) is 3.08. The van der Waals surface area contributed by atoms with Crippen molar-refractivity contribution in [2.24, 2.45) is 7.05 Å². The zero-order chi connectivity index (χ0) is 15.6. The van der Waals surface area contributed by atoms with Gasteiger partial charge in [-0.1, -0.05) is 23.4 Å². The van der Waals surface area contributed by atoms with Gasteiger partial charge in [-0.15, -0.1) is 0 Å². The molecule has 0 saturated carbocycles. The van der Waals surface area contributed by atoms with E-state index in [1.165, 1.54) is 11.8 Å². The third kappa shape index (κ3) is 3.92. The number of anilines is 2. The van der Waals surface area contributed by atoms with Gasteiger partial charge < -0.3 is 11.1 Å². The summed E-state index contributed by atoms with van der Waals surface area (Å²) in [6.07, 6.45) is 0. The van der Waals surface area contributed by atoms with Gasteiger partial charge in [-0.3, -0.25) is 9.48 Å². The Labute approximate surface area is 132 Å². The number of halogens is 1. The van der Waals surface area contributed by atoms with E-state index in [1.54, 1.807) is 22.9 Å². The summed E-state index contributed by atoms with van der Waals surface area (Å²) in [4.78, 5) is 12.2. The molecule has 3 N–H and O–H groups in total. The molecule has 7 heteroatoms. The second-order valence-electron chi connectivity index (χ2n) is 4.73. The summed E-state index contributed by atoms with van der Waals surface area (Å²) in [5.41, 5.74) is 7.72. The number of aromatic nitrogens is 2. The summed E-state index contributed by atoms with van der Waals surface area (Å²) in [5, 5.41) is 8.26. The standard InChI is InChI=1S/C14H17ClN4OS/c1-8-6-13(19(3)18-8)21-9(2)14(20)17-10-4-5-11(15)12(16)7-10/h4-7,9H,16H2,1-3H3,(H,17,20). The van der Waals surface area contributed by atoms with Crippen molar-refractivity contribution < 1.29 is 4.79 Å². The molecule has 21 heavy (non-hydrogen) atoms. The van der Waals surface area contributed by atoms with Crippen LogP contribution >= 0.6 is 23.4 Å². The van der Waals surface area contributed by atoms with Crippen LogP contribution in [-0.2, 0) is 11.8 Å². The molecule has 0 fully saturated rings. The van der Waals surface area contributed by atoms with Crippen LogP contribution in [0.4, 0.5) is 11.4 Å². The fourth-order valence-electron chi connectivity index (χ4n) is 1.80. The average molecular weight is 325 g/mol. The smallest absolute Gasteiger partial charge is 0.237 e. The topological polar surface area (TPSA) is 72.9 Å². The van der Waals surface area contributed by atoms with E-state index in [0.717, 1.165) is 10.7 Å². The molecule has 1 aromatic heterocycles. The fraction of sp³-hybridized carbons (Fsp3) is 0.286. The Hall–Kier alpha value is -1.66. The highest BCUT2D eigenvalue weighted by Crippen LogP contribution is 2.26. The van der Waals surface area contributed by atoms with Crippen LogP contribution in [0.2, 0.25) is 5.02 Å². The Balaban J connectivity index is 2.02.